The summed E-state index contributed by atoms with van der Waals surface area (Å²) in [7, 11) is 0. The lowest BCUT2D eigenvalue weighted by atomic mass is 9.87. The third-order valence-electron chi connectivity index (χ3n) is 3.52. The molecule has 0 aliphatic heterocycles. The molecule has 25 heavy (non-hydrogen) atoms. The summed E-state index contributed by atoms with van der Waals surface area (Å²) in [5.74, 6) is 1.19. The maximum absolute atomic E-state index is 12.2. The van der Waals surface area contributed by atoms with Crippen molar-refractivity contribution in [1.29, 1.82) is 0 Å². The largest absolute Gasteiger partial charge is 0.455 e. The van der Waals surface area contributed by atoms with E-state index in [9.17, 15) is 4.79 Å². The van der Waals surface area contributed by atoms with Crippen LogP contribution in [0.2, 0.25) is 0 Å². The molecule has 5 nitrogen and oxygen atoms in total. The lowest BCUT2D eigenvalue weighted by molar-refractivity contribution is -0.119. The minimum absolute atomic E-state index is 0. The number of nitrogens with two attached hydrogens (primary N) is 1. The molecule has 0 fully saturated rings. The van der Waals surface area contributed by atoms with E-state index in [1.165, 1.54) is 0 Å². The molecule has 3 N–H and O–H groups in total. The molecule has 0 bridgehead atoms. The van der Waals surface area contributed by atoms with Gasteiger partial charge in [-0.1, -0.05) is 20.8 Å². The van der Waals surface area contributed by atoms with E-state index >= 15 is 0 Å². The standard InChI is InChI=1S/C18H23N3O2.2ClH/c1-12-10-13(21-17(22)16(19)18(2,3)4)7-8-15(12)23-14-6-5-9-20-11-14;;/h5-11,16H,19H2,1-4H3,(H,21,22);2*1H/t16-;;/m1../s1. The van der Waals surface area contributed by atoms with Gasteiger partial charge in [-0.15, -0.1) is 24.8 Å². The van der Waals surface area contributed by atoms with Crippen LogP contribution in [0.15, 0.2) is 42.7 Å². The van der Waals surface area contributed by atoms with Gasteiger partial charge in [-0.3, -0.25) is 9.78 Å². The van der Waals surface area contributed by atoms with E-state index in [-0.39, 0.29) is 36.1 Å². The number of amides is 1. The normalized spacial score (nSPS) is 11.6. The van der Waals surface area contributed by atoms with Crippen molar-refractivity contribution in [2.24, 2.45) is 11.1 Å². The maximum atomic E-state index is 12.2. The van der Waals surface area contributed by atoms with Crippen LogP contribution in [0, 0.1) is 12.3 Å². The third kappa shape index (κ3) is 6.53. The minimum Gasteiger partial charge on any atom is -0.455 e. The number of hydrogen-bond acceptors (Lipinski definition) is 4. The summed E-state index contributed by atoms with van der Waals surface area (Å²) in [5, 5.41) is 2.85. The van der Waals surface area contributed by atoms with Crippen LogP contribution in [0.5, 0.6) is 11.5 Å². The second kappa shape index (κ2) is 9.61. The van der Waals surface area contributed by atoms with Crippen LogP contribution in [0.3, 0.4) is 0 Å². The molecule has 0 radical (unpaired) electrons. The van der Waals surface area contributed by atoms with Gasteiger partial charge in [0.05, 0.1) is 12.2 Å². The van der Waals surface area contributed by atoms with E-state index in [1.54, 1.807) is 18.5 Å². The van der Waals surface area contributed by atoms with Gasteiger partial charge in [0.25, 0.3) is 0 Å². The topological polar surface area (TPSA) is 77.2 Å². The second-order valence-corrected chi connectivity index (χ2v) is 6.60. The van der Waals surface area contributed by atoms with E-state index in [1.807, 2.05) is 52.0 Å². The molecular formula is C18H25Cl2N3O2. The Bertz CT molecular complexity index is 688. The summed E-state index contributed by atoms with van der Waals surface area (Å²) in [5.41, 5.74) is 7.29. The average molecular weight is 386 g/mol. The van der Waals surface area contributed by atoms with Gasteiger partial charge in [-0.2, -0.15) is 0 Å². The molecule has 1 aromatic heterocycles. The molecule has 0 saturated heterocycles. The highest BCUT2D eigenvalue weighted by Gasteiger charge is 2.27. The van der Waals surface area contributed by atoms with Gasteiger partial charge in [0.2, 0.25) is 5.91 Å². The summed E-state index contributed by atoms with van der Waals surface area (Å²) in [6, 6.07) is 8.55. The van der Waals surface area contributed by atoms with E-state index < -0.39 is 6.04 Å². The highest BCUT2D eigenvalue weighted by atomic mass is 35.5. The van der Waals surface area contributed by atoms with Crippen LogP contribution >= 0.6 is 24.8 Å². The van der Waals surface area contributed by atoms with Gasteiger partial charge in [-0.25, -0.2) is 0 Å². The highest BCUT2D eigenvalue weighted by molar-refractivity contribution is 5.95. The number of hydrogen-bond donors (Lipinski definition) is 2. The fourth-order valence-corrected chi connectivity index (χ4v) is 1.99. The van der Waals surface area contributed by atoms with Gasteiger partial charge in [0.15, 0.2) is 0 Å². The van der Waals surface area contributed by atoms with Crippen LogP contribution < -0.4 is 15.8 Å². The Hall–Kier alpha value is -1.82. The molecular weight excluding hydrogens is 361 g/mol. The van der Waals surface area contributed by atoms with Crippen LogP contribution in [0.25, 0.3) is 0 Å². The van der Waals surface area contributed by atoms with Crippen molar-refractivity contribution in [3.8, 4) is 11.5 Å². The van der Waals surface area contributed by atoms with Crippen molar-refractivity contribution in [1.82, 2.24) is 4.98 Å². The second-order valence-electron chi connectivity index (χ2n) is 6.60. The van der Waals surface area contributed by atoms with Gasteiger partial charge in [-0.05, 0) is 48.2 Å². The van der Waals surface area contributed by atoms with Crippen LogP contribution in [-0.4, -0.2) is 16.9 Å². The molecule has 0 saturated carbocycles. The highest BCUT2D eigenvalue weighted by Crippen LogP contribution is 2.27. The Morgan fingerprint density at radius 1 is 1.24 bits per heavy atom. The molecule has 0 aliphatic rings. The molecule has 7 heteroatoms. The molecule has 1 atom stereocenters. The molecule has 1 heterocycles. The first-order valence-corrected chi connectivity index (χ1v) is 7.52. The zero-order valence-electron chi connectivity index (χ0n) is 14.8. The minimum atomic E-state index is -0.575. The monoisotopic (exact) mass is 385 g/mol. The number of rotatable bonds is 4. The molecule has 0 aliphatic carbocycles. The first-order valence-electron chi connectivity index (χ1n) is 7.52. The van der Waals surface area contributed by atoms with Gasteiger partial charge in [0.1, 0.15) is 11.5 Å². The zero-order valence-corrected chi connectivity index (χ0v) is 16.4. The van der Waals surface area contributed by atoms with Crippen molar-refractivity contribution in [3.05, 3.63) is 48.3 Å². The SMILES string of the molecule is Cc1cc(NC(=O)[C@@H](N)C(C)(C)C)ccc1Oc1cccnc1.Cl.Cl. The van der Waals surface area contributed by atoms with Crippen molar-refractivity contribution in [2.75, 3.05) is 5.32 Å². The Kier molecular flexibility index (Phi) is 8.91. The smallest absolute Gasteiger partial charge is 0.241 e. The molecule has 0 unspecified atom stereocenters. The van der Waals surface area contributed by atoms with E-state index in [4.69, 9.17) is 10.5 Å². The van der Waals surface area contributed by atoms with E-state index in [0.717, 1.165) is 11.3 Å². The van der Waals surface area contributed by atoms with Gasteiger partial charge < -0.3 is 15.8 Å². The number of halogens is 2. The number of aromatic nitrogens is 1. The quantitative estimate of drug-likeness (QED) is 0.820. The zero-order chi connectivity index (χ0) is 17.0. The lowest BCUT2D eigenvalue weighted by Gasteiger charge is -2.25. The summed E-state index contributed by atoms with van der Waals surface area (Å²) < 4.78 is 5.77. The summed E-state index contributed by atoms with van der Waals surface area (Å²) in [6.07, 6.45) is 3.34. The maximum Gasteiger partial charge on any atom is 0.241 e. The number of nitrogens with one attached hydrogen (secondary N) is 1. The number of carbonyl (C=O) groups is 1. The lowest BCUT2D eigenvalue weighted by Crippen LogP contribution is -2.45. The van der Waals surface area contributed by atoms with E-state index in [0.29, 0.717) is 11.4 Å². The first-order chi connectivity index (χ1) is 10.8. The van der Waals surface area contributed by atoms with Crippen LogP contribution in [0.1, 0.15) is 26.3 Å². The number of ether oxygens (including phenoxy) is 1. The third-order valence-corrected chi connectivity index (χ3v) is 3.52. The van der Waals surface area contributed by atoms with Gasteiger partial charge >= 0.3 is 0 Å². The van der Waals surface area contributed by atoms with Crippen molar-refractivity contribution >= 4 is 36.4 Å². The number of carbonyl (C=O) groups excluding carboxylic acids is 1. The predicted molar refractivity (Wildman–Crippen MR) is 106 cm³/mol. The Balaban J connectivity index is 0.00000288. The number of pyridine rings is 1. The van der Waals surface area contributed by atoms with Crippen LogP contribution in [0.4, 0.5) is 5.69 Å². The summed E-state index contributed by atoms with van der Waals surface area (Å²) in [4.78, 5) is 16.2. The van der Waals surface area contributed by atoms with E-state index in [2.05, 4.69) is 10.3 Å². The fraction of sp³-hybridized carbons (Fsp3) is 0.333. The van der Waals surface area contributed by atoms with Crippen molar-refractivity contribution in [2.45, 2.75) is 33.7 Å². The molecule has 0 spiro atoms. The number of nitrogens with zero attached hydrogens (tertiary/aromatic N) is 1. The predicted octanol–water partition coefficient (Wildman–Crippen LogP) is 4.34. The van der Waals surface area contributed by atoms with Crippen molar-refractivity contribution < 1.29 is 9.53 Å². The fourth-order valence-electron chi connectivity index (χ4n) is 1.99. The summed E-state index contributed by atoms with van der Waals surface area (Å²) in [6.45, 7) is 7.74. The Morgan fingerprint density at radius 2 is 1.92 bits per heavy atom. The molecule has 138 valence electrons. The molecule has 1 amide bonds. The molecule has 2 rings (SSSR count). The van der Waals surface area contributed by atoms with Crippen LogP contribution in [-0.2, 0) is 4.79 Å². The Morgan fingerprint density at radius 3 is 2.44 bits per heavy atom. The number of benzene rings is 1. The Labute approximate surface area is 161 Å². The summed E-state index contributed by atoms with van der Waals surface area (Å²) >= 11 is 0. The molecule has 2 aromatic rings. The van der Waals surface area contributed by atoms with Gasteiger partial charge in [0, 0.05) is 11.9 Å². The molecule has 1 aromatic carbocycles. The average Bonchev–Trinajstić information content (AvgIpc) is 2.49. The first kappa shape index (κ1) is 23.2. The number of aryl methyl sites for hydroxylation is 1. The number of anilines is 1. The van der Waals surface area contributed by atoms with Crippen molar-refractivity contribution in [3.63, 3.8) is 0 Å².